The van der Waals surface area contributed by atoms with Crippen LogP contribution in [0.4, 0.5) is 0 Å². The quantitative estimate of drug-likeness (QED) is 0.636. The number of amides is 2. The van der Waals surface area contributed by atoms with Gasteiger partial charge in [-0.05, 0) is 41.8 Å². The van der Waals surface area contributed by atoms with Crippen molar-refractivity contribution < 1.29 is 9.59 Å². The lowest BCUT2D eigenvalue weighted by atomic mass is 10.0. The number of nitrogens with zero attached hydrogens (tertiary/aromatic N) is 1. The number of rotatable bonds is 7. The fourth-order valence-electron chi connectivity index (χ4n) is 2.64. The van der Waals surface area contributed by atoms with Gasteiger partial charge in [-0.25, -0.2) is 0 Å². The van der Waals surface area contributed by atoms with E-state index < -0.39 is 0 Å². The number of hydrogen-bond donors (Lipinski definition) is 2. The summed E-state index contributed by atoms with van der Waals surface area (Å²) in [4.78, 5) is 28.0. The Kier molecular flexibility index (Phi) is 6.30. The van der Waals surface area contributed by atoms with Gasteiger partial charge < -0.3 is 10.6 Å². The molecule has 0 saturated carbocycles. The Morgan fingerprint density at radius 2 is 1.33 bits per heavy atom. The van der Waals surface area contributed by atoms with Crippen LogP contribution in [0, 0.1) is 0 Å². The molecule has 0 fully saturated rings. The second-order valence-corrected chi connectivity index (χ2v) is 6.05. The van der Waals surface area contributed by atoms with Crippen LogP contribution in [-0.2, 0) is 0 Å². The zero-order valence-electron chi connectivity index (χ0n) is 14.9. The molecule has 136 valence electrons. The highest BCUT2D eigenvalue weighted by atomic mass is 16.2. The predicted molar refractivity (Wildman–Crippen MR) is 105 cm³/mol. The van der Waals surface area contributed by atoms with Crippen molar-refractivity contribution >= 4 is 11.8 Å². The summed E-state index contributed by atoms with van der Waals surface area (Å²) < 4.78 is 0. The first-order valence-corrected chi connectivity index (χ1v) is 8.86. The summed E-state index contributed by atoms with van der Waals surface area (Å²) in [5.41, 5.74) is 3.34. The van der Waals surface area contributed by atoms with Gasteiger partial charge in [0.05, 0.1) is 5.56 Å². The number of benzene rings is 2. The van der Waals surface area contributed by atoms with E-state index in [0.717, 1.165) is 11.1 Å². The first-order valence-electron chi connectivity index (χ1n) is 8.86. The predicted octanol–water partition coefficient (Wildman–Crippen LogP) is 3.30. The van der Waals surface area contributed by atoms with Gasteiger partial charge >= 0.3 is 0 Å². The van der Waals surface area contributed by atoms with Gasteiger partial charge in [-0.2, -0.15) is 0 Å². The Morgan fingerprint density at radius 3 is 1.96 bits per heavy atom. The Balaban J connectivity index is 1.41. The van der Waals surface area contributed by atoms with E-state index in [4.69, 9.17) is 0 Å². The molecular weight excluding hydrogens is 338 g/mol. The number of aromatic nitrogens is 1. The first kappa shape index (κ1) is 18.3. The second-order valence-electron chi connectivity index (χ2n) is 6.05. The van der Waals surface area contributed by atoms with Gasteiger partial charge in [-0.3, -0.25) is 14.6 Å². The van der Waals surface area contributed by atoms with Gasteiger partial charge in [0.1, 0.15) is 0 Å². The van der Waals surface area contributed by atoms with E-state index in [-0.39, 0.29) is 11.8 Å². The van der Waals surface area contributed by atoms with Gasteiger partial charge in [0.2, 0.25) is 0 Å². The lowest BCUT2D eigenvalue weighted by Crippen LogP contribution is -2.29. The maximum Gasteiger partial charge on any atom is 0.252 e. The highest BCUT2D eigenvalue weighted by molar-refractivity contribution is 5.95. The van der Waals surface area contributed by atoms with Gasteiger partial charge in [-0.1, -0.05) is 42.5 Å². The van der Waals surface area contributed by atoms with Crippen LogP contribution >= 0.6 is 0 Å². The summed E-state index contributed by atoms with van der Waals surface area (Å²) in [5.74, 6) is -0.279. The zero-order chi connectivity index (χ0) is 18.9. The molecule has 2 aromatic carbocycles. The highest BCUT2D eigenvalue weighted by Crippen LogP contribution is 2.19. The van der Waals surface area contributed by atoms with Crippen LogP contribution in [0.25, 0.3) is 11.1 Å². The molecule has 0 saturated heterocycles. The van der Waals surface area contributed by atoms with E-state index in [1.807, 2.05) is 54.6 Å². The third-order valence-electron chi connectivity index (χ3n) is 4.10. The molecular formula is C22H21N3O2. The van der Waals surface area contributed by atoms with Gasteiger partial charge in [0, 0.05) is 31.0 Å². The molecule has 0 spiro atoms. The summed E-state index contributed by atoms with van der Waals surface area (Å²) in [6.07, 6.45) is 3.80. The molecule has 0 unspecified atom stereocenters. The molecule has 1 aromatic heterocycles. The third-order valence-corrected chi connectivity index (χ3v) is 4.10. The lowest BCUT2D eigenvalue weighted by Gasteiger charge is -2.08. The van der Waals surface area contributed by atoms with Crippen molar-refractivity contribution in [2.45, 2.75) is 6.42 Å². The van der Waals surface area contributed by atoms with Crippen molar-refractivity contribution in [3.05, 3.63) is 90.3 Å². The van der Waals surface area contributed by atoms with E-state index in [9.17, 15) is 9.59 Å². The van der Waals surface area contributed by atoms with E-state index in [2.05, 4.69) is 15.6 Å². The van der Waals surface area contributed by atoms with Crippen LogP contribution in [-0.4, -0.2) is 29.9 Å². The van der Waals surface area contributed by atoms with Gasteiger partial charge in [0.25, 0.3) is 11.8 Å². The maximum absolute atomic E-state index is 12.2. The second kappa shape index (κ2) is 9.29. The van der Waals surface area contributed by atoms with Crippen LogP contribution in [0.2, 0.25) is 0 Å². The number of carbonyl (C=O) groups is 2. The minimum atomic E-state index is -0.161. The summed E-state index contributed by atoms with van der Waals surface area (Å²) in [5, 5.41) is 5.68. The van der Waals surface area contributed by atoms with Crippen molar-refractivity contribution in [1.29, 1.82) is 0 Å². The number of pyridine rings is 1. The number of carbonyl (C=O) groups excluding carboxylic acids is 2. The van der Waals surface area contributed by atoms with Crippen molar-refractivity contribution in [2.24, 2.45) is 0 Å². The molecule has 27 heavy (non-hydrogen) atoms. The molecule has 5 heteroatoms. The zero-order valence-corrected chi connectivity index (χ0v) is 14.9. The molecule has 0 aliphatic rings. The molecule has 0 radical (unpaired) electrons. The Hall–Kier alpha value is -3.47. The average Bonchev–Trinajstić information content (AvgIpc) is 2.74. The standard InChI is InChI=1S/C22H21N3O2/c26-21(19-11-9-18(10-12-19)17-6-2-1-3-7-17)24-14-5-15-25-22(27)20-8-4-13-23-16-20/h1-4,6-13,16H,5,14-15H2,(H,24,26)(H,25,27). The summed E-state index contributed by atoms with van der Waals surface area (Å²) >= 11 is 0. The van der Waals surface area contributed by atoms with Crippen LogP contribution < -0.4 is 10.6 Å². The molecule has 0 bridgehead atoms. The molecule has 3 aromatic rings. The van der Waals surface area contributed by atoms with Gasteiger partial charge in [0.15, 0.2) is 0 Å². The van der Waals surface area contributed by atoms with E-state index in [0.29, 0.717) is 30.6 Å². The molecule has 0 atom stereocenters. The Labute approximate surface area is 158 Å². The van der Waals surface area contributed by atoms with Crippen LogP contribution in [0.15, 0.2) is 79.1 Å². The normalized spacial score (nSPS) is 10.2. The largest absolute Gasteiger partial charge is 0.352 e. The lowest BCUT2D eigenvalue weighted by molar-refractivity contribution is 0.0951. The summed E-state index contributed by atoms with van der Waals surface area (Å²) in [6, 6.07) is 21.0. The first-order chi connectivity index (χ1) is 13.2. The molecule has 3 rings (SSSR count). The fourth-order valence-corrected chi connectivity index (χ4v) is 2.64. The highest BCUT2D eigenvalue weighted by Gasteiger charge is 2.06. The molecule has 2 N–H and O–H groups in total. The van der Waals surface area contributed by atoms with Crippen molar-refractivity contribution in [1.82, 2.24) is 15.6 Å². The Morgan fingerprint density at radius 1 is 0.704 bits per heavy atom. The monoisotopic (exact) mass is 359 g/mol. The smallest absolute Gasteiger partial charge is 0.252 e. The number of hydrogen-bond acceptors (Lipinski definition) is 3. The van der Waals surface area contributed by atoms with Crippen molar-refractivity contribution in [3.8, 4) is 11.1 Å². The SMILES string of the molecule is O=C(NCCCNC(=O)c1cccnc1)c1ccc(-c2ccccc2)cc1. The van der Waals surface area contributed by atoms with Gasteiger partial charge in [-0.15, -0.1) is 0 Å². The maximum atomic E-state index is 12.2. The summed E-state index contributed by atoms with van der Waals surface area (Å²) in [6.45, 7) is 0.980. The third kappa shape index (κ3) is 5.25. The average molecular weight is 359 g/mol. The minimum Gasteiger partial charge on any atom is -0.352 e. The van der Waals surface area contributed by atoms with Crippen molar-refractivity contribution in [2.75, 3.05) is 13.1 Å². The number of nitrogens with one attached hydrogen (secondary N) is 2. The fraction of sp³-hybridized carbons (Fsp3) is 0.136. The molecule has 5 nitrogen and oxygen atoms in total. The Bertz CT molecular complexity index is 878. The van der Waals surface area contributed by atoms with Crippen molar-refractivity contribution in [3.63, 3.8) is 0 Å². The molecule has 0 aliphatic carbocycles. The molecule has 0 aliphatic heterocycles. The minimum absolute atomic E-state index is 0.117. The van der Waals surface area contributed by atoms with E-state index in [1.54, 1.807) is 18.3 Å². The van der Waals surface area contributed by atoms with Crippen LogP contribution in [0.1, 0.15) is 27.1 Å². The van der Waals surface area contributed by atoms with E-state index >= 15 is 0 Å². The van der Waals surface area contributed by atoms with E-state index in [1.165, 1.54) is 6.20 Å². The summed E-state index contributed by atoms with van der Waals surface area (Å²) in [7, 11) is 0. The molecule has 2 amide bonds. The van der Waals surface area contributed by atoms with Crippen LogP contribution in [0.3, 0.4) is 0 Å². The molecule has 1 heterocycles. The topological polar surface area (TPSA) is 71.1 Å². The van der Waals surface area contributed by atoms with Crippen LogP contribution in [0.5, 0.6) is 0 Å².